The van der Waals surface area contributed by atoms with Gasteiger partial charge in [-0.05, 0) is 12.1 Å². The Kier molecular flexibility index (Phi) is 5.20. The van der Waals surface area contributed by atoms with Crippen molar-refractivity contribution >= 4 is 17.5 Å². The smallest absolute Gasteiger partial charge is 0.266 e. The lowest BCUT2D eigenvalue weighted by Crippen LogP contribution is -2.50. The van der Waals surface area contributed by atoms with Gasteiger partial charge in [-0.3, -0.25) is 9.59 Å². The lowest BCUT2D eigenvalue weighted by atomic mass is 10.2. The van der Waals surface area contributed by atoms with E-state index in [1.165, 1.54) is 19.2 Å². The maximum absolute atomic E-state index is 12.3. The van der Waals surface area contributed by atoms with E-state index >= 15 is 0 Å². The summed E-state index contributed by atoms with van der Waals surface area (Å²) in [6.45, 7) is 3.22. The van der Waals surface area contributed by atoms with Crippen LogP contribution in [0.2, 0.25) is 0 Å². The van der Waals surface area contributed by atoms with Crippen LogP contribution in [0.5, 0.6) is 5.75 Å². The minimum absolute atomic E-state index is 0.0191. The van der Waals surface area contributed by atoms with E-state index in [9.17, 15) is 20.0 Å². The first kappa shape index (κ1) is 16.4. The van der Waals surface area contributed by atoms with Gasteiger partial charge in [-0.25, -0.2) is 0 Å². The number of rotatable bonds is 3. The molecule has 2 rings (SSSR count). The molecule has 2 N–H and O–H groups in total. The highest BCUT2D eigenvalue weighted by Gasteiger charge is 2.24. The minimum atomic E-state index is -0.390. The van der Waals surface area contributed by atoms with E-state index in [2.05, 4.69) is 5.32 Å². The molecule has 1 aromatic rings. The molecular formula is C16H18N4O3. The number of hydrogen-bond acceptors (Lipinski definition) is 5. The standard InChI is InChI=1S/C16H18N4O3/c1-12(21)19-6-8-20(9-7-19)16(23)13(10-17)11-18-14-4-2-3-5-15(14)22/h2-5,11,18,22H,6-9H2,1H3/b13-11-. The summed E-state index contributed by atoms with van der Waals surface area (Å²) in [5.41, 5.74) is 0.360. The van der Waals surface area contributed by atoms with Crippen molar-refractivity contribution in [1.82, 2.24) is 9.80 Å². The monoisotopic (exact) mass is 314 g/mol. The van der Waals surface area contributed by atoms with Crippen LogP contribution in [-0.2, 0) is 9.59 Å². The molecule has 7 heteroatoms. The SMILES string of the molecule is CC(=O)N1CCN(C(=O)/C(C#N)=C\Nc2ccccc2O)CC1. The highest BCUT2D eigenvalue weighted by Crippen LogP contribution is 2.21. The first-order chi connectivity index (χ1) is 11.0. The number of phenols is 1. The Balaban J connectivity index is 2.02. The first-order valence-electron chi connectivity index (χ1n) is 7.22. The predicted octanol–water partition coefficient (Wildman–Crippen LogP) is 0.902. The van der Waals surface area contributed by atoms with Gasteiger partial charge >= 0.3 is 0 Å². The summed E-state index contributed by atoms with van der Waals surface area (Å²) in [6.07, 6.45) is 1.29. The van der Waals surface area contributed by atoms with Crippen molar-refractivity contribution in [2.45, 2.75) is 6.92 Å². The molecule has 1 aliphatic heterocycles. The molecule has 0 unspecified atom stereocenters. The molecule has 0 spiro atoms. The number of piperazine rings is 1. The Bertz CT molecular complexity index is 670. The molecule has 7 nitrogen and oxygen atoms in total. The fraction of sp³-hybridized carbons (Fsp3) is 0.312. The van der Waals surface area contributed by atoms with Gasteiger partial charge in [0.1, 0.15) is 17.4 Å². The summed E-state index contributed by atoms with van der Waals surface area (Å²) in [4.78, 5) is 26.8. The number of carbonyl (C=O) groups excluding carboxylic acids is 2. The second-order valence-corrected chi connectivity index (χ2v) is 5.13. The number of carbonyl (C=O) groups is 2. The zero-order valence-electron chi connectivity index (χ0n) is 12.8. The van der Waals surface area contributed by atoms with E-state index < -0.39 is 5.91 Å². The number of benzene rings is 1. The van der Waals surface area contributed by atoms with E-state index in [0.717, 1.165) is 0 Å². The zero-order valence-corrected chi connectivity index (χ0v) is 12.8. The maximum Gasteiger partial charge on any atom is 0.266 e. The van der Waals surface area contributed by atoms with Crippen LogP contribution in [0.3, 0.4) is 0 Å². The van der Waals surface area contributed by atoms with Crippen LogP contribution < -0.4 is 5.32 Å². The van der Waals surface area contributed by atoms with Gasteiger partial charge < -0.3 is 20.2 Å². The normalized spacial score (nSPS) is 15.0. The second-order valence-electron chi connectivity index (χ2n) is 5.13. The summed E-state index contributed by atoms with van der Waals surface area (Å²) in [5, 5.41) is 21.6. The molecule has 1 saturated heterocycles. The van der Waals surface area contributed by atoms with E-state index in [-0.39, 0.29) is 17.2 Å². The van der Waals surface area contributed by atoms with E-state index in [1.54, 1.807) is 28.0 Å². The number of para-hydroxylation sites is 2. The quantitative estimate of drug-likeness (QED) is 0.491. The number of anilines is 1. The van der Waals surface area contributed by atoms with Gasteiger partial charge in [-0.1, -0.05) is 12.1 Å². The number of hydrogen-bond donors (Lipinski definition) is 2. The third-order valence-corrected chi connectivity index (χ3v) is 3.64. The molecule has 23 heavy (non-hydrogen) atoms. The van der Waals surface area contributed by atoms with Crippen LogP contribution in [0.1, 0.15) is 6.92 Å². The van der Waals surface area contributed by atoms with Crippen molar-refractivity contribution in [2.24, 2.45) is 0 Å². The van der Waals surface area contributed by atoms with Crippen LogP contribution >= 0.6 is 0 Å². The lowest BCUT2D eigenvalue weighted by Gasteiger charge is -2.34. The molecular weight excluding hydrogens is 296 g/mol. The Morgan fingerprint density at radius 3 is 2.39 bits per heavy atom. The van der Waals surface area contributed by atoms with Gasteiger partial charge in [-0.2, -0.15) is 5.26 Å². The number of nitriles is 1. The fourth-order valence-corrected chi connectivity index (χ4v) is 2.28. The highest BCUT2D eigenvalue weighted by molar-refractivity contribution is 5.97. The molecule has 1 heterocycles. The Hall–Kier alpha value is -3.01. The van der Waals surface area contributed by atoms with Crippen molar-refractivity contribution in [2.75, 3.05) is 31.5 Å². The van der Waals surface area contributed by atoms with E-state index in [4.69, 9.17) is 0 Å². The molecule has 2 amide bonds. The van der Waals surface area contributed by atoms with Gasteiger partial charge in [0.2, 0.25) is 5.91 Å². The molecule has 1 aliphatic rings. The summed E-state index contributed by atoms with van der Waals surface area (Å²) in [6, 6.07) is 8.41. The lowest BCUT2D eigenvalue weighted by molar-refractivity contribution is -0.136. The molecule has 1 aromatic carbocycles. The molecule has 0 radical (unpaired) electrons. The Morgan fingerprint density at radius 2 is 1.83 bits per heavy atom. The number of nitrogens with zero attached hydrogens (tertiary/aromatic N) is 3. The minimum Gasteiger partial charge on any atom is -0.506 e. The first-order valence-corrected chi connectivity index (χ1v) is 7.22. The Labute approximate surface area is 134 Å². The Morgan fingerprint density at radius 1 is 1.22 bits per heavy atom. The van der Waals surface area contributed by atoms with E-state index in [0.29, 0.717) is 31.9 Å². The van der Waals surface area contributed by atoms with Gasteiger partial charge in [0.25, 0.3) is 5.91 Å². The summed E-state index contributed by atoms with van der Waals surface area (Å²) >= 11 is 0. The average molecular weight is 314 g/mol. The van der Waals surface area contributed by atoms with Crippen LogP contribution in [0.15, 0.2) is 36.0 Å². The molecule has 0 bridgehead atoms. The second kappa shape index (κ2) is 7.31. The van der Waals surface area contributed by atoms with Gasteiger partial charge in [0.15, 0.2) is 0 Å². The van der Waals surface area contributed by atoms with Gasteiger partial charge in [0, 0.05) is 39.3 Å². The maximum atomic E-state index is 12.3. The third kappa shape index (κ3) is 4.01. The van der Waals surface area contributed by atoms with Crippen molar-refractivity contribution in [3.8, 4) is 11.8 Å². The molecule has 0 atom stereocenters. The molecule has 0 aromatic heterocycles. The largest absolute Gasteiger partial charge is 0.506 e. The molecule has 120 valence electrons. The fourth-order valence-electron chi connectivity index (χ4n) is 2.28. The van der Waals surface area contributed by atoms with Crippen molar-refractivity contribution in [3.63, 3.8) is 0 Å². The molecule has 0 saturated carbocycles. The number of nitrogens with one attached hydrogen (secondary N) is 1. The third-order valence-electron chi connectivity index (χ3n) is 3.64. The zero-order chi connectivity index (χ0) is 16.8. The van der Waals surface area contributed by atoms with E-state index in [1.807, 2.05) is 6.07 Å². The van der Waals surface area contributed by atoms with Gasteiger partial charge in [0.05, 0.1) is 5.69 Å². The van der Waals surface area contributed by atoms with Gasteiger partial charge in [-0.15, -0.1) is 0 Å². The highest BCUT2D eigenvalue weighted by atomic mass is 16.3. The summed E-state index contributed by atoms with van der Waals surface area (Å²) in [5.74, 6) is -0.378. The van der Waals surface area contributed by atoms with Crippen LogP contribution in [0, 0.1) is 11.3 Å². The van der Waals surface area contributed by atoms with Crippen LogP contribution in [-0.4, -0.2) is 52.9 Å². The van der Waals surface area contributed by atoms with Crippen molar-refractivity contribution < 1.29 is 14.7 Å². The molecule has 1 fully saturated rings. The molecule has 0 aliphatic carbocycles. The summed E-state index contributed by atoms with van der Waals surface area (Å²) < 4.78 is 0. The predicted molar refractivity (Wildman–Crippen MR) is 84.3 cm³/mol. The van der Waals surface area contributed by atoms with Crippen molar-refractivity contribution in [1.29, 1.82) is 5.26 Å². The number of aromatic hydroxyl groups is 1. The number of amides is 2. The topological polar surface area (TPSA) is 96.7 Å². The summed E-state index contributed by atoms with van der Waals surface area (Å²) in [7, 11) is 0. The van der Waals surface area contributed by atoms with Crippen molar-refractivity contribution in [3.05, 3.63) is 36.0 Å². The van der Waals surface area contributed by atoms with Crippen LogP contribution in [0.25, 0.3) is 0 Å². The number of phenolic OH excluding ortho intramolecular Hbond substituents is 1. The van der Waals surface area contributed by atoms with Crippen LogP contribution in [0.4, 0.5) is 5.69 Å². The average Bonchev–Trinajstić information content (AvgIpc) is 2.56.